The van der Waals surface area contributed by atoms with E-state index in [1.54, 1.807) is 4.68 Å². The second kappa shape index (κ2) is 7.16. The molecule has 102 valence electrons. The topological polar surface area (TPSA) is 72.9 Å². The fourth-order valence-electron chi connectivity index (χ4n) is 1.93. The van der Waals surface area contributed by atoms with E-state index in [0.29, 0.717) is 19.0 Å². The fraction of sp³-hybridized carbons (Fsp3) is 0.692. The van der Waals surface area contributed by atoms with Crippen molar-refractivity contribution in [2.75, 3.05) is 13.1 Å². The maximum absolute atomic E-state index is 11.9. The Morgan fingerprint density at radius 2 is 2.28 bits per heavy atom. The molecule has 5 heteroatoms. The Bertz CT molecular complexity index is 373. The summed E-state index contributed by atoms with van der Waals surface area (Å²) in [4.78, 5) is 11.9. The van der Waals surface area contributed by atoms with E-state index in [2.05, 4.69) is 24.3 Å². The molecule has 1 aromatic heterocycles. The van der Waals surface area contributed by atoms with Crippen LogP contribution in [0.1, 0.15) is 26.0 Å². The maximum Gasteiger partial charge on any atom is 0.224 e. The number of nitrogens with two attached hydrogens (primary N) is 1. The summed E-state index contributed by atoms with van der Waals surface area (Å²) in [5.41, 5.74) is 6.62. The zero-order valence-corrected chi connectivity index (χ0v) is 11.5. The van der Waals surface area contributed by atoms with Gasteiger partial charge in [0, 0.05) is 32.8 Å². The zero-order valence-electron chi connectivity index (χ0n) is 11.5. The Labute approximate surface area is 109 Å². The molecule has 1 unspecified atom stereocenters. The Kier molecular flexibility index (Phi) is 5.85. The minimum atomic E-state index is -0.0752. The lowest BCUT2D eigenvalue weighted by Crippen LogP contribution is -2.36. The quantitative estimate of drug-likeness (QED) is 0.750. The smallest absolute Gasteiger partial charge is 0.224 e. The third-order valence-electron chi connectivity index (χ3n) is 2.86. The van der Waals surface area contributed by atoms with Gasteiger partial charge in [-0.15, -0.1) is 0 Å². The van der Waals surface area contributed by atoms with Gasteiger partial charge >= 0.3 is 0 Å². The first-order valence-corrected chi connectivity index (χ1v) is 6.49. The van der Waals surface area contributed by atoms with Gasteiger partial charge in [0.25, 0.3) is 0 Å². The van der Waals surface area contributed by atoms with Gasteiger partial charge < -0.3 is 11.1 Å². The summed E-state index contributed by atoms with van der Waals surface area (Å²) in [6.07, 6.45) is 3.50. The first-order valence-electron chi connectivity index (χ1n) is 6.49. The molecule has 1 aromatic rings. The van der Waals surface area contributed by atoms with Crippen molar-refractivity contribution in [2.24, 2.45) is 24.6 Å². The number of amides is 1. The van der Waals surface area contributed by atoms with Gasteiger partial charge in [0.1, 0.15) is 0 Å². The van der Waals surface area contributed by atoms with Crippen molar-refractivity contribution >= 4 is 5.91 Å². The number of carbonyl (C=O) groups is 1. The van der Waals surface area contributed by atoms with Gasteiger partial charge in [-0.05, 0) is 18.4 Å². The highest BCUT2D eigenvalue weighted by molar-refractivity contribution is 5.78. The molecule has 5 nitrogen and oxygen atoms in total. The molecular weight excluding hydrogens is 228 g/mol. The van der Waals surface area contributed by atoms with Gasteiger partial charge in [-0.1, -0.05) is 13.8 Å². The number of hydrogen-bond donors (Lipinski definition) is 2. The minimum absolute atomic E-state index is 0.0575. The van der Waals surface area contributed by atoms with E-state index in [0.717, 1.165) is 18.5 Å². The van der Waals surface area contributed by atoms with Gasteiger partial charge in [0.2, 0.25) is 5.91 Å². The van der Waals surface area contributed by atoms with E-state index in [1.165, 1.54) is 0 Å². The predicted molar refractivity (Wildman–Crippen MR) is 71.9 cm³/mol. The van der Waals surface area contributed by atoms with Gasteiger partial charge in [0.15, 0.2) is 0 Å². The molecule has 1 heterocycles. The molecule has 0 bridgehead atoms. The summed E-state index contributed by atoms with van der Waals surface area (Å²) in [5.74, 6) is 0.468. The van der Waals surface area contributed by atoms with Crippen LogP contribution in [0.2, 0.25) is 0 Å². The van der Waals surface area contributed by atoms with Crippen molar-refractivity contribution in [3.8, 4) is 0 Å². The second-order valence-electron chi connectivity index (χ2n) is 5.08. The van der Waals surface area contributed by atoms with Crippen LogP contribution in [0.5, 0.6) is 0 Å². The van der Waals surface area contributed by atoms with Crippen LogP contribution in [-0.4, -0.2) is 28.8 Å². The largest absolute Gasteiger partial charge is 0.355 e. The predicted octanol–water partition coefficient (Wildman–Crippen LogP) is 0.700. The Balaban J connectivity index is 2.31. The molecule has 0 aliphatic rings. The molecule has 1 rings (SSSR count). The Hall–Kier alpha value is -1.36. The molecule has 18 heavy (non-hydrogen) atoms. The lowest BCUT2D eigenvalue weighted by Gasteiger charge is -2.16. The number of rotatable bonds is 7. The molecule has 0 spiro atoms. The van der Waals surface area contributed by atoms with Crippen LogP contribution in [0.3, 0.4) is 0 Å². The van der Waals surface area contributed by atoms with Gasteiger partial charge in [0.05, 0.1) is 11.6 Å². The van der Waals surface area contributed by atoms with E-state index in [-0.39, 0.29) is 11.8 Å². The van der Waals surface area contributed by atoms with E-state index >= 15 is 0 Å². The average Bonchev–Trinajstić information content (AvgIpc) is 2.71. The van der Waals surface area contributed by atoms with Crippen molar-refractivity contribution in [1.29, 1.82) is 0 Å². The highest BCUT2D eigenvalue weighted by Crippen LogP contribution is 2.10. The SMILES string of the molecule is CC(C)CC(CN)C(=O)NCCc1ccn(C)n1. The normalized spacial score (nSPS) is 12.7. The highest BCUT2D eigenvalue weighted by Gasteiger charge is 2.17. The maximum atomic E-state index is 11.9. The van der Waals surface area contributed by atoms with Crippen molar-refractivity contribution in [2.45, 2.75) is 26.7 Å². The van der Waals surface area contributed by atoms with E-state index in [4.69, 9.17) is 5.73 Å². The van der Waals surface area contributed by atoms with E-state index in [9.17, 15) is 4.79 Å². The summed E-state index contributed by atoms with van der Waals surface area (Å²) in [6, 6.07) is 1.96. The van der Waals surface area contributed by atoms with Gasteiger partial charge in [-0.25, -0.2) is 0 Å². The highest BCUT2D eigenvalue weighted by atomic mass is 16.1. The van der Waals surface area contributed by atoms with Crippen molar-refractivity contribution in [3.63, 3.8) is 0 Å². The first-order chi connectivity index (χ1) is 8.52. The number of aromatic nitrogens is 2. The number of hydrogen-bond acceptors (Lipinski definition) is 3. The standard InChI is InChI=1S/C13H24N4O/c1-10(2)8-11(9-14)13(18)15-6-4-12-5-7-17(3)16-12/h5,7,10-11H,4,6,8-9,14H2,1-3H3,(H,15,18). The summed E-state index contributed by atoms with van der Waals surface area (Å²) in [6.45, 7) is 5.23. The molecule has 0 saturated carbocycles. The number of aryl methyl sites for hydroxylation is 1. The van der Waals surface area contributed by atoms with Crippen LogP contribution < -0.4 is 11.1 Å². The second-order valence-corrected chi connectivity index (χ2v) is 5.08. The third kappa shape index (κ3) is 4.87. The molecule has 0 fully saturated rings. The molecular formula is C13H24N4O. The van der Waals surface area contributed by atoms with Crippen molar-refractivity contribution < 1.29 is 4.79 Å². The number of nitrogens with zero attached hydrogens (tertiary/aromatic N) is 2. The summed E-state index contributed by atoms with van der Waals surface area (Å²) in [5, 5.41) is 7.19. The Morgan fingerprint density at radius 3 is 2.78 bits per heavy atom. The van der Waals surface area contributed by atoms with Crippen LogP contribution in [0.25, 0.3) is 0 Å². The molecule has 0 aliphatic carbocycles. The molecule has 1 atom stereocenters. The fourth-order valence-corrected chi connectivity index (χ4v) is 1.93. The molecule has 0 aliphatic heterocycles. The first kappa shape index (κ1) is 14.7. The zero-order chi connectivity index (χ0) is 13.5. The van der Waals surface area contributed by atoms with Crippen LogP contribution in [0.15, 0.2) is 12.3 Å². The number of nitrogens with one attached hydrogen (secondary N) is 1. The van der Waals surface area contributed by atoms with Crippen LogP contribution in [0, 0.1) is 11.8 Å². The minimum Gasteiger partial charge on any atom is -0.355 e. The molecule has 0 aromatic carbocycles. The number of carbonyl (C=O) groups excluding carboxylic acids is 1. The summed E-state index contributed by atoms with van der Waals surface area (Å²) >= 11 is 0. The average molecular weight is 252 g/mol. The lowest BCUT2D eigenvalue weighted by atomic mass is 9.96. The van der Waals surface area contributed by atoms with Gasteiger partial charge in [-0.3, -0.25) is 9.48 Å². The molecule has 0 radical (unpaired) electrons. The van der Waals surface area contributed by atoms with Crippen LogP contribution in [-0.2, 0) is 18.3 Å². The van der Waals surface area contributed by atoms with Crippen LogP contribution >= 0.6 is 0 Å². The van der Waals surface area contributed by atoms with E-state index in [1.807, 2.05) is 19.3 Å². The molecule has 0 saturated heterocycles. The molecule has 3 N–H and O–H groups in total. The van der Waals surface area contributed by atoms with Gasteiger partial charge in [-0.2, -0.15) is 5.10 Å². The molecule has 1 amide bonds. The third-order valence-corrected chi connectivity index (χ3v) is 2.86. The monoisotopic (exact) mass is 252 g/mol. The summed E-state index contributed by atoms with van der Waals surface area (Å²) in [7, 11) is 1.88. The Morgan fingerprint density at radius 1 is 1.56 bits per heavy atom. The summed E-state index contributed by atoms with van der Waals surface area (Å²) < 4.78 is 1.76. The van der Waals surface area contributed by atoms with Crippen LogP contribution in [0.4, 0.5) is 0 Å². The van der Waals surface area contributed by atoms with E-state index < -0.39 is 0 Å². The lowest BCUT2D eigenvalue weighted by molar-refractivity contribution is -0.125. The van der Waals surface area contributed by atoms with Crippen molar-refractivity contribution in [1.82, 2.24) is 15.1 Å². The van der Waals surface area contributed by atoms with Crippen molar-refractivity contribution in [3.05, 3.63) is 18.0 Å².